The minimum absolute atomic E-state index is 0.670. The van der Waals surface area contributed by atoms with E-state index < -0.39 is 0 Å². The van der Waals surface area contributed by atoms with Crippen molar-refractivity contribution >= 4 is 5.90 Å². The fourth-order valence-corrected chi connectivity index (χ4v) is 1.48. The molecule has 2 rings (SSSR count). The number of hydrogen-bond donors (Lipinski definition) is 0. The zero-order valence-electron chi connectivity index (χ0n) is 6.93. The molecule has 1 aliphatic heterocycles. The first-order chi connectivity index (χ1) is 6.40. The second-order valence-corrected chi connectivity index (χ2v) is 3.35. The maximum Gasteiger partial charge on any atom is 0.292 e. The number of ether oxygens (including phenoxy) is 1. The van der Waals surface area contributed by atoms with E-state index in [2.05, 4.69) is 4.99 Å². The van der Waals surface area contributed by atoms with Crippen molar-refractivity contribution in [3.05, 3.63) is 45.7 Å². The molecule has 0 spiro atoms. The lowest BCUT2D eigenvalue weighted by molar-refractivity contribution is -0.278. The van der Waals surface area contributed by atoms with Gasteiger partial charge in [-0.05, 0) is 12.1 Å². The third-order valence-corrected chi connectivity index (χ3v) is 2.51. The maximum absolute atomic E-state index is 5.51. The topological polar surface area (TPSA) is 21.6 Å². The smallest absolute Gasteiger partial charge is 0.292 e. The fraction of sp³-hybridized carbons (Fsp3) is 0.100. The molecule has 3 heteroatoms. The summed E-state index contributed by atoms with van der Waals surface area (Å²) in [6, 6.07) is 9.94. The van der Waals surface area contributed by atoms with Crippen molar-refractivity contribution in [1.29, 1.82) is 0 Å². The Kier molecular flexibility index (Phi) is 2.63. The van der Waals surface area contributed by atoms with Gasteiger partial charge in [0.1, 0.15) is 6.54 Å². The summed E-state index contributed by atoms with van der Waals surface area (Å²) in [5, 5.41) is 0. The van der Waals surface area contributed by atoms with E-state index in [4.69, 9.17) is 4.74 Å². The monoisotopic (exact) mass is 286 g/mol. The van der Waals surface area contributed by atoms with Crippen LogP contribution in [0.25, 0.3) is 0 Å². The Labute approximate surface area is 90.5 Å². The van der Waals surface area contributed by atoms with Gasteiger partial charge in [0.25, 0.3) is 22.6 Å². The number of benzene rings is 1. The molecule has 0 unspecified atom stereocenters. The van der Waals surface area contributed by atoms with Gasteiger partial charge in [-0.3, -0.25) is 0 Å². The Morgan fingerprint density at radius 1 is 1.31 bits per heavy atom. The Morgan fingerprint density at radius 3 is 2.69 bits per heavy atom. The van der Waals surface area contributed by atoms with Gasteiger partial charge >= 0.3 is 0 Å². The molecule has 0 aliphatic carbocycles. The van der Waals surface area contributed by atoms with Crippen LogP contribution < -0.4 is 22.6 Å². The summed E-state index contributed by atoms with van der Waals surface area (Å²) in [5.41, 5.74) is 1.04. The van der Waals surface area contributed by atoms with Gasteiger partial charge in [0.15, 0.2) is 9.84 Å². The van der Waals surface area contributed by atoms with Crippen LogP contribution in [-0.4, -0.2) is 12.4 Å². The van der Waals surface area contributed by atoms with Crippen LogP contribution in [0.4, 0.5) is 0 Å². The van der Waals surface area contributed by atoms with Gasteiger partial charge in [0.2, 0.25) is 5.90 Å². The van der Waals surface area contributed by atoms with Gasteiger partial charge in [-0.1, -0.05) is 18.2 Å². The van der Waals surface area contributed by atoms with Crippen LogP contribution in [0.5, 0.6) is 0 Å². The van der Waals surface area contributed by atoms with Gasteiger partial charge in [-0.25, -0.2) is 4.99 Å². The summed E-state index contributed by atoms with van der Waals surface area (Å²) in [7, 11) is 0. The first-order valence-corrected chi connectivity index (χ1v) is 5.33. The molecule has 1 aliphatic rings. The SMILES string of the molecule is [IH+]C=C1CN=C(c2ccccc2)O1. The Bertz CT molecular complexity index is 356. The Hall–Kier alpha value is -0.840. The molecule has 0 saturated carbocycles. The molecular formula is C10H9INO+. The third-order valence-electron chi connectivity index (χ3n) is 1.76. The van der Waals surface area contributed by atoms with Gasteiger partial charge in [0.05, 0.1) is 0 Å². The zero-order valence-corrected chi connectivity index (χ0v) is 9.27. The first-order valence-electron chi connectivity index (χ1n) is 3.99. The van der Waals surface area contributed by atoms with Crippen LogP contribution in [0.3, 0.4) is 0 Å². The first kappa shape index (κ1) is 8.74. The minimum atomic E-state index is 0.670. The molecule has 66 valence electrons. The van der Waals surface area contributed by atoms with Crippen LogP contribution >= 0.6 is 0 Å². The van der Waals surface area contributed by atoms with Crippen LogP contribution in [0, 0.1) is 0 Å². The summed E-state index contributed by atoms with van der Waals surface area (Å²) >= 11 is 1.89. The molecule has 0 radical (unpaired) electrons. The summed E-state index contributed by atoms with van der Waals surface area (Å²) in [5.74, 6) is 1.67. The van der Waals surface area contributed by atoms with Gasteiger partial charge in [-0.2, -0.15) is 0 Å². The second-order valence-electron chi connectivity index (χ2n) is 2.67. The van der Waals surface area contributed by atoms with Crippen molar-refractivity contribution in [3.63, 3.8) is 0 Å². The normalized spacial score (nSPS) is 18.5. The number of halogens is 1. The largest absolute Gasteiger partial charge is 0.437 e. The van der Waals surface area contributed by atoms with E-state index in [1.54, 1.807) is 0 Å². The number of hydrogen-bond acceptors (Lipinski definition) is 2. The zero-order chi connectivity index (χ0) is 9.10. The van der Waals surface area contributed by atoms with Crippen LogP contribution in [-0.2, 0) is 4.74 Å². The standard InChI is InChI=1S/C10H9INO/c11-6-9-7-12-10(13-9)8-4-2-1-3-5-8/h1-6,11H,7H2/q+1. The number of aliphatic imine (C=N–C) groups is 1. The lowest BCUT2D eigenvalue weighted by Crippen LogP contribution is -3.30. The van der Waals surface area contributed by atoms with Crippen molar-refractivity contribution in [2.24, 2.45) is 4.99 Å². The van der Waals surface area contributed by atoms with E-state index in [0.717, 1.165) is 17.2 Å². The molecule has 1 aromatic carbocycles. The predicted molar refractivity (Wildman–Crippen MR) is 48.4 cm³/mol. The maximum atomic E-state index is 5.51. The lowest BCUT2D eigenvalue weighted by Gasteiger charge is -1.99. The Balaban J connectivity index is 2.22. The average molecular weight is 286 g/mol. The quantitative estimate of drug-likeness (QED) is 0.581. The lowest BCUT2D eigenvalue weighted by atomic mass is 10.2. The van der Waals surface area contributed by atoms with Gasteiger partial charge in [-0.15, -0.1) is 0 Å². The highest BCUT2D eigenvalue weighted by Crippen LogP contribution is 2.12. The van der Waals surface area contributed by atoms with Crippen LogP contribution in [0.15, 0.2) is 45.2 Å². The summed E-state index contributed by atoms with van der Waals surface area (Å²) in [6.07, 6.45) is 0. The van der Waals surface area contributed by atoms with Crippen molar-refractivity contribution in [1.82, 2.24) is 0 Å². The van der Waals surface area contributed by atoms with Crippen molar-refractivity contribution in [3.8, 4) is 0 Å². The van der Waals surface area contributed by atoms with E-state index >= 15 is 0 Å². The second kappa shape index (κ2) is 3.91. The Morgan fingerprint density at radius 2 is 2.08 bits per heavy atom. The van der Waals surface area contributed by atoms with Crippen LogP contribution in [0.1, 0.15) is 5.56 Å². The highest BCUT2D eigenvalue weighted by molar-refractivity contribution is 5.95. The predicted octanol–water partition coefficient (Wildman–Crippen LogP) is -1.41. The van der Waals surface area contributed by atoms with Crippen LogP contribution in [0.2, 0.25) is 0 Å². The van der Waals surface area contributed by atoms with E-state index in [9.17, 15) is 0 Å². The number of nitrogens with zero attached hydrogens (tertiary/aromatic N) is 1. The molecule has 13 heavy (non-hydrogen) atoms. The van der Waals surface area contributed by atoms with E-state index in [0.29, 0.717) is 6.54 Å². The highest BCUT2D eigenvalue weighted by atomic mass is 127. The fourth-order valence-electron chi connectivity index (χ4n) is 1.13. The molecule has 0 amide bonds. The highest BCUT2D eigenvalue weighted by Gasteiger charge is 2.15. The molecule has 0 aromatic heterocycles. The molecule has 2 nitrogen and oxygen atoms in total. The summed E-state index contributed by atoms with van der Waals surface area (Å²) < 4.78 is 7.46. The van der Waals surface area contributed by atoms with E-state index in [-0.39, 0.29) is 0 Å². The summed E-state index contributed by atoms with van der Waals surface area (Å²) in [6.45, 7) is 0.670. The van der Waals surface area contributed by atoms with E-state index in [1.807, 2.05) is 57.0 Å². The number of rotatable bonds is 1. The molecule has 0 atom stereocenters. The van der Waals surface area contributed by atoms with Gasteiger partial charge < -0.3 is 4.74 Å². The molecule has 0 fully saturated rings. The summed E-state index contributed by atoms with van der Waals surface area (Å²) in [4.78, 5) is 4.29. The third kappa shape index (κ3) is 1.91. The van der Waals surface area contributed by atoms with Crippen molar-refractivity contribution in [2.45, 2.75) is 0 Å². The molecule has 0 saturated heterocycles. The van der Waals surface area contributed by atoms with E-state index in [1.165, 1.54) is 0 Å². The average Bonchev–Trinajstić information content (AvgIpc) is 2.67. The molecular weight excluding hydrogens is 277 g/mol. The molecule has 1 aromatic rings. The van der Waals surface area contributed by atoms with Crippen molar-refractivity contribution < 1.29 is 27.3 Å². The molecule has 1 heterocycles. The van der Waals surface area contributed by atoms with Gasteiger partial charge in [0, 0.05) is 5.56 Å². The molecule has 0 bridgehead atoms. The minimum Gasteiger partial charge on any atom is -0.437 e. The van der Waals surface area contributed by atoms with Crippen molar-refractivity contribution in [2.75, 3.05) is 6.54 Å². The molecule has 0 N–H and O–H groups in total.